The largest absolute Gasteiger partial charge is 0.354 e. The monoisotopic (exact) mass is 485 g/mol. The van der Waals surface area contributed by atoms with Gasteiger partial charge in [-0.05, 0) is 23.8 Å². The highest BCUT2D eigenvalue weighted by atomic mass is 32.2. The molecule has 3 aromatic carbocycles. The van der Waals surface area contributed by atoms with Crippen LogP contribution in [0.4, 0.5) is 11.4 Å². The summed E-state index contributed by atoms with van der Waals surface area (Å²) in [6, 6.07) is 23.1. The molecule has 0 heterocycles. The van der Waals surface area contributed by atoms with Crippen molar-refractivity contribution in [3.05, 3.63) is 101 Å². The van der Waals surface area contributed by atoms with Gasteiger partial charge in [0.15, 0.2) is 4.90 Å². The van der Waals surface area contributed by atoms with Gasteiger partial charge in [0.25, 0.3) is 15.7 Å². The van der Waals surface area contributed by atoms with Crippen molar-refractivity contribution < 1.29 is 18.1 Å². The molecule has 1 N–H and O–H groups in total. The molecule has 33 heavy (non-hydrogen) atoms. The summed E-state index contributed by atoms with van der Waals surface area (Å²) in [5.41, 5.74) is 0.875. The molecule has 0 saturated heterocycles. The van der Waals surface area contributed by atoms with Gasteiger partial charge < -0.3 is 5.32 Å². The van der Waals surface area contributed by atoms with Crippen LogP contribution in [0.3, 0.4) is 0 Å². The van der Waals surface area contributed by atoms with Gasteiger partial charge in [0, 0.05) is 24.1 Å². The highest BCUT2D eigenvalue weighted by Gasteiger charge is 2.32. The lowest BCUT2D eigenvalue weighted by Crippen LogP contribution is -2.41. The van der Waals surface area contributed by atoms with Crippen molar-refractivity contribution in [3.63, 3.8) is 0 Å². The van der Waals surface area contributed by atoms with Crippen LogP contribution in [0.15, 0.2) is 89.8 Å². The third-order valence-corrected chi connectivity index (χ3v) is 7.49. The maximum absolute atomic E-state index is 13.4. The van der Waals surface area contributed by atoms with Crippen molar-refractivity contribution in [1.82, 2.24) is 5.32 Å². The van der Waals surface area contributed by atoms with Crippen molar-refractivity contribution >= 4 is 39.1 Å². The van der Waals surface area contributed by atoms with Crippen LogP contribution in [-0.2, 0) is 20.6 Å². The Kier molecular flexibility index (Phi) is 8.45. The van der Waals surface area contributed by atoms with E-state index in [2.05, 4.69) is 5.32 Å². The number of para-hydroxylation sites is 2. The molecule has 0 atom stereocenters. The normalized spacial score (nSPS) is 11.0. The molecule has 0 unspecified atom stereocenters. The molecule has 8 nitrogen and oxygen atoms in total. The number of sulfonamides is 1. The smallest absolute Gasteiger partial charge is 0.289 e. The summed E-state index contributed by atoms with van der Waals surface area (Å²) in [6.45, 7) is -0.133. The number of nitrogens with one attached hydrogen (secondary N) is 1. The molecule has 0 aliphatic rings. The predicted octanol–water partition coefficient (Wildman–Crippen LogP) is 3.84. The Morgan fingerprint density at radius 1 is 0.939 bits per heavy atom. The van der Waals surface area contributed by atoms with Crippen molar-refractivity contribution in [1.29, 1.82) is 0 Å². The molecule has 0 spiro atoms. The van der Waals surface area contributed by atoms with E-state index in [1.807, 2.05) is 30.3 Å². The molecule has 0 aliphatic heterocycles. The van der Waals surface area contributed by atoms with Crippen LogP contribution in [0.2, 0.25) is 0 Å². The molecular formula is C23H23N3O5S2. The number of anilines is 1. The summed E-state index contributed by atoms with van der Waals surface area (Å²) >= 11 is 1.65. The highest BCUT2D eigenvalue weighted by molar-refractivity contribution is 7.98. The number of thioether (sulfide) groups is 1. The van der Waals surface area contributed by atoms with Gasteiger partial charge in [0.05, 0.1) is 10.6 Å². The van der Waals surface area contributed by atoms with Gasteiger partial charge >= 0.3 is 0 Å². The molecule has 0 radical (unpaired) electrons. The summed E-state index contributed by atoms with van der Waals surface area (Å²) in [6.07, 6.45) is 0. The fourth-order valence-electron chi connectivity index (χ4n) is 3.07. The third kappa shape index (κ3) is 6.56. The van der Waals surface area contributed by atoms with E-state index in [0.29, 0.717) is 12.3 Å². The molecule has 0 fully saturated rings. The molecule has 1 amide bonds. The standard InChI is InChI=1S/C23H23N3O5S2/c27-23(24-15-16-32-18-19-9-3-1-4-10-19)17-25(20-11-5-2-6-12-20)33(30,31)22-14-8-7-13-21(22)26(28)29/h1-14H,15-18H2,(H,24,27). The van der Waals surface area contributed by atoms with Crippen LogP contribution in [0, 0.1) is 10.1 Å². The first-order valence-electron chi connectivity index (χ1n) is 10.1. The van der Waals surface area contributed by atoms with Crippen molar-refractivity contribution in [3.8, 4) is 0 Å². The number of amides is 1. The van der Waals surface area contributed by atoms with Crippen LogP contribution in [0.5, 0.6) is 0 Å². The molecule has 3 rings (SSSR count). The molecular weight excluding hydrogens is 462 g/mol. The number of hydrogen-bond acceptors (Lipinski definition) is 6. The topological polar surface area (TPSA) is 110 Å². The maximum atomic E-state index is 13.4. The van der Waals surface area contributed by atoms with E-state index < -0.39 is 38.0 Å². The van der Waals surface area contributed by atoms with Gasteiger partial charge in [0.2, 0.25) is 5.91 Å². The Labute approximate surface area is 196 Å². The second-order valence-electron chi connectivity index (χ2n) is 6.96. The number of carbonyl (C=O) groups is 1. The molecule has 3 aromatic rings. The Hall–Kier alpha value is -3.37. The number of benzene rings is 3. The number of rotatable bonds is 11. The van der Waals surface area contributed by atoms with E-state index in [9.17, 15) is 23.3 Å². The fourth-order valence-corrected chi connectivity index (χ4v) is 5.47. The van der Waals surface area contributed by atoms with E-state index in [-0.39, 0.29) is 5.69 Å². The minimum atomic E-state index is -4.37. The minimum absolute atomic E-state index is 0.240. The first-order chi connectivity index (χ1) is 15.9. The van der Waals surface area contributed by atoms with Crippen LogP contribution in [0.1, 0.15) is 5.56 Å². The van der Waals surface area contributed by atoms with Gasteiger partial charge in [-0.1, -0.05) is 60.7 Å². The molecule has 10 heteroatoms. The predicted molar refractivity (Wildman–Crippen MR) is 130 cm³/mol. The van der Waals surface area contributed by atoms with E-state index in [0.717, 1.165) is 16.1 Å². The summed E-state index contributed by atoms with van der Waals surface area (Å²) < 4.78 is 27.6. The van der Waals surface area contributed by atoms with E-state index >= 15 is 0 Å². The minimum Gasteiger partial charge on any atom is -0.354 e. The molecule has 0 saturated carbocycles. The van der Waals surface area contributed by atoms with Crippen molar-refractivity contribution in [2.75, 3.05) is 23.1 Å². The molecule has 0 aliphatic carbocycles. The average molecular weight is 486 g/mol. The first-order valence-corrected chi connectivity index (χ1v) is 12.7. The summed E-state index contributed by atoms with van der Waals surface area (Å²) in [5.74, 6) is 0.961. The van der Waals surface area contributed by atoms with E-state index in [4.69, 9.17) is 0 Å². The van der Waals surface area contributed by atoms with Gasteiger partial charge in [-0.15, -0.1) is 0 Å². The lowest BCUT2D eigenvalue weighted by molar-refractivity contribution is -0.387. The number of nitrogens with zero attached hydrogens (tertiary/aromatic N) is 2. The lowest BCUT2D eigenvalue weighted by atomic mass is 10.2. The van der Waals surface area contributed by atoms with E-state index in [1.165, 1.54) is 35.9 Å². The Balaban J connectivity index is 1.70. The second-order valence-corrected chi connectivity index (χ2v) is 9.90. The summed E-state index contributed by atoms with van der Waals surface area (Å²) in [4.78, 5) is 22.8. The van der Waals surface area contributed by atoms with Crippen LogP contribution in [0.25, 0.3) is 0 Å². The average Bonchev–Trinajstić information content (AvgIpc) is 2.83. The fraction of sp³-hybridized carbons (Fsp3) is 0.174. The first kappa shape index (κ1) is 24.3. The van der Waals surface area contributed by atoms with Crippen molar-refractivity contribution in [2.45, 2.75) is 10.6 Å². The number of nitro groups is 1. The quantitative estimate of drug-likeness (QED) is 0.251. The van der Waals surface area contributed by atoms with Crippen LogP contribution < -0.4 is 9.62 Å². The summed E-state index contributed by atoms with van der Waals surface area (Å²) in [5, 5.41) is 14.1. The highest BCUT2D eigenvalue weighted by Crippen LogP contribution is 2.29. The zero-order valence-electron chi connectivity index (χ0n) is 17.7. The molecule has 172 valence electrons. The lowest BCUT2D eigenvalue weighted by Gasteiger charge is -2.24. The number of nitro benzene ring substituents is 1. The third-order valence-electron chi connectivity index (χ3n) is 4.64. The number of carbonyl (C=O) groups excluding carboxylic acids is 1. The molecule has 0 aromatic heterocycles. The second kappa shape index (κ2) is 11.5. The summed E-state index contributed by atoms with van der Waals surface area (Å²) in [7, 11) is -4.37. The Morgan fingerprint density at radius 3 is 2.21 bits per heavy atom. The van der Waals surface area contributed by atoms with Gasteiger partial charge in [-0.2, -0.15) is 11.8 Å². The number of hydrogen-bond donors (Lipinski definition) is 1. The Bertz CT molecular complexity index is 1190. The SMILES string of the molecule is O=C(CN(c1ccccc1)S(=O)(=O)c1ccccc1[N+](=O)[O-])NCCSCc1ccccc1. The van der Waals surface area contributed by atoms with Gasteiger partial charge in [-0.25, -0.2) is 8.42 Å². The van der Waals surface area contributed by atoms with E-state index in [1.54, 1.807) is 30.0 Å². The maximum Gasteiger partial charge on any atom is 0.289 e. The zero-order chi connectivity index (χ0) is 23.7. The molecule has 0 bridgehead atoms. The zero-order valence-corrected chi connectivity index (χ0v) is 19.3. The van der Waals surface area contributed by atoms with Crippen LogP contribution in [-0.4, -0.2) is 38.1 Å². The van der Waals surface area contributed by atoms with Gasteiger partial charge in [0.1, 0.15) is 6.54 Å². The van der Waals surface area contributed by atoms with Gasteiger partial charge in [-0.3, -0.25) is 19.2 Å². The Morgan fingerprint density at radius 2 is 1.55 bits per heavy atom. The van der Waals surface area contributed by atoms with Crippen LogP contribution >= 0.6 is 11.8 Å². The van der Waals surface area contributed by atoms with Crippen molar-refractivity contribution in [2.24, 2.45) is 0 Å².